The van der Waals surface area contributed by atoms with E-state index in [1.807, 2.05) is 10.9 Å². The summed E-state index contributed by atoms with van der Waals surface area (Å²) in [7, 11) is 4.28. The second-order valence-electron chi connectivity index (χ2n) is 5.57. The van der Waals surface area contributed by atoms with Crippen molar-refractivity contribution >= 4 is 0 Å². The average molecular weight is 252 g/mol. The quantitative estimate of drug-likeness (QED) is 0.803. The molecule has 1 aromatic rings. The number of nitrogens with zero attached hydrogens (tertiary/aromatic N) is 3. The Balaban J connectivity index is 2.79. The predicted octanol–water partition coefficient (Wildman–Crippen LogP) is 1.76. The van der Waals surface area contributed by atoms with Gasteiger partial charge >= 0.3 is 0 Å². The molecule has 0 radical (unpaired) electrons. The Morgan fingerprint density at radius 1 is 1.39 bits per heavy atom. The van der Waals surface area contributed by atoms with E-state index in [4.69, 9.17) is 0 Å². The van der Waals surface area contributed by atoms with Crippen molar-refractivity contribution < 1.29 is 0 Å². The van der Waals surface area contributed by atoms with Crippen LogP contribution in [-0.2, 0) is 13.0 Å². The minimum atomic E-state index is 0.115. The van der Waals surface area contributed by atoms with Crippen LogP contribution in [0.3, 0.4) is 0 Å². The molecule has 0 aliphatic rings. The van der Waals surface area contributed by atoms with E-state index < -0.39 is 0 Å². The monoisotopic (exact) mass is 252 g/mol. The standard InChI is InChI=1S/C14H28N4/c1-7-15-13(14(3,4)17(5)6)9-12-10-16-18(8-2)11-12/h10-11,13,15H,7-9H2,1-6H3. The lowest BCUT2D eigenvalue weighted by molar-refractivity contribution is 0.138. The maximum atomic E-state index is 4.35. The van der Waals surface area contributed by atoms with E-state index >= 15 is 0 Å². The molecule has 0 amide bonds. The van der Waals surface area contributed by atoms with Crippen molar-refractivity contribution in [2.45, 2.75) is 52.2 Å². The lowest BCUT2D eigenvalue weighted by atomic mass is 9.89. The van der Waals surface area contributed by atoms with Gasteiger partial charge in [-0.15, -0.1) is 0 Å². The van der Waals surface area contributed by atoms with E-state index in [2.05, 4.69) is 63.3 Å². The summed E-state index contributed by atoms with van der Waals surface area (Å²) in [5.74, 6) is 0. The molecule has 4 heteroatoms. The molecular weight excluding hydrogens is 224 g/mol. The Kier molecular flexibility index (Phi) is 5.35. The van der Waals surface area contributed by atoms with E-state index in [0.29, 0.717) is 6.04 Å². The smallest absolute Gasteiger partial charge is 0.0522 e. The van der Waals surface area contributed by atoms with Crippen molar-refractivity contribution in [3.63, 3.8) is 0 Å². The van der Waals surface area contributed by atoms with Gasteiger partial charge in [0.15, 0.2) is 0 Å². The fourth-order valence-electron chi connectivity index (χ4n) is 2.05. The van der Waals surface area contributed by atoms with Crippen LogP contribution in [0.15, 0.2) is 12.4 Å². The van der Waals surface area contributed by atoms with Gasteiger partial charge in [-0.1, -0.05) is 6.92 Å². The molecule has 104 valence electrons. The molecule has 4 nitrogen and oxygen atoms in total. The maximum Gasteiger partial charge on any atom is 0.0522 e. The topological polar surface area (TPSA) is 33.1 Å². The number of aromatic nitrogens is 2. The molecule has 0 bridgehead atoms. The van der Waals surface area contributed by atoms with Gasteiger partial charge in [0.2, 0.25) is 0 Å². The van der Waals surface area contributed by atoms with Gasteiger partial charge < -0.3 is 10.2 Å². The van der Waals surface area contributed by atoms with Gasteiger partial charge in [-0.3, -0.25) is 4.68 Å². The zero-order chi connectivity index (χ0) is 13.8. The van der Waals surface area contributed by atoms with Gasteiger partial charge in [-0.05, 0) is 53.4 Å². The van der Waals surface area contributed by atoms with Crippen LogP contribution < -0.4 is 5.32 Å². The first-order valence-electron chi connectivity index (χ1n) is 6.83. The van der Waals surface area contributed by atoms with E-state index in [1.54, 1.807) is 0 Å². The molecule has 0 aromatic carbocycles. The molecule has 0 saturated heterocycles. The highest BCUT2D eigenvalue weighted by Gasteiger charge is 2.31. The lowest BCUT2D eigenvalue weighted by Crippen LogP contribution is -2.56. The minimum absolute atomic E-state index is 0.115. The van der Waals surface area contributed by atoms with Crippen molar-refractivity contribution in [2.24, 2.45) is 0 Å². The summed E-state index contributed by atoms with van der Waals surface area (Å²) in [4.78, 5) is 2.28. The van der Waals surface area contributed by atoms with Crippen LogP contribution in [-0.4, -0.2) is 46.9 Å². The van der Waals surface area contributed by atoms with Crippen LogP contribution >= 0.6 is 0 Å². The van der Waals surface area contributed by atoms with Crippen molar-refractivity contribution in [3.8, 4) is 0 Å². The van der Waals surface area contributed by atoms with Gasteiger partial charge in [0.05, 0.1) is 6.20 Å². The van der Waals surface area contributed by atoms with Crippen LogP contribution in [0.5, 0.6) is 0 Å². The molecule has 18 heavy (non-hydrogen) atoms. The molecule has 0 fully saturated rings. The molecule has 0 aliphatic heterocycles. The third kappa shape index (κ3) is 3.56. The van der Waals surface area contributed by atoms with E-state index in [0.717, 1.165) is 19.5 Å². The van der Waals surface area contributed by atoms with Gasteiger partial charge in [0.1, 0.15) is 0 Å². The van der Waals surface area contributed by atoms with Crippen molar-refractivity contribution in [1.82, 2.24) is 20.0 Å². The lowest BCUT2D eigenvalue weighted by Gasteiger charge is -2.40. The highest BCUT2D eigenvalue weighted by atomic mass is 15.3. The van der Waals surface area contributed by atoms with Crippen molar-refractivity contribution in [1.29, 1.82) is 0 Å². The zero-order valence-corrected chi connectivity index (χ0v) is 12.7. The number of nitrogens with one attached hydrogen (secondary N) is 1. The van der Waals surface area contributed by atoms with Gasteiger partial charge in [-0.2, -0.15) is 5.10 Å². The highest BCUT2D eigenvalue weighted by Crippen LogP contribution is 2.19. The van der Waals surface area contributed by atoms with Crippen LogP contribution in [0, 0.1) is 0 Å². The first-order chi connectivity index (χ1) is 8.41. The fourth-order valence-corrected chi connectivity index (χ4v) is 2.05. The predicted molar refractivity (Wildman–Crippen MR) is 76.8 cm³/mol. The summed E-state index contributed by atoms with van der Waals surface area (Å²) in [6, 6.07) is 0.423. The maximum absolute atomic E-state index is 4.35. The SMILES string of the molecule is CCNC(Cc1cnn(CC)c1)C(C)(C)N(C)C. The zero-order valence-electron chi connectivity index (χ0n) is 12.7. The van der Waals surface area contributed by atoms with Crippen LogP contribution in [0.1, 0.15) is 33.3 Å². The van der Waals surface area contributed by atoms with Gasteiger partial charge in [0, 0.05) is 24.3 Å². The molecular formula is C14H28N4. The summed E-state index contributed by atoms with van der Waals surface area (Å²) in [6.07, 6.45) is 5.15. The van der Waals surface area contributed by atoms with E-state index in [1.165, 1.54) is 5.56 Å². The summed E-state index contributed by atoms with van der Waals surface area (Å²) >= 11 is 0. The Morgan fingerprint density at radius 2 is 2.06 bits per heavy atom. The third-order valence-corrected chi connectivity index (χ3v) is 3.91. The summed E-state index contributed by atoms with van der Waals surface area (Å²) in [5.41, 5.74) is 1.42. The Morgan fingerprint density at radius 3 is 2.50 bits per heavy atom. The normalized spacial score (nSPS) is 14.2. The number of hydrogen-bond donors (Lipinski definition) is 1. The van der Waals surface area contributed by atoms with Gasteiger partial charge in [-0.25, -0.2) is 0 Å². The largest absolute Gasteiger partial charge is 0.312 e. The Hall–Kier alpha value is -0.870. The van der Waals surface area contributed by atoms with Crippen molar-refractivity contribution in [3.05, 3.63) is 18.0 Å². The molecule has 0 spiro atoms. The molecule has 1 atom stereocenters. The number of hydrogen-bond acceptors (Lipinski definition) is 3. The molecule has 1 aromatic heterocycles. The molecule has 1 rings (SSSR count). The number of rotatable bonds is 7. The van der Waals surface area contributed by atoms with E-state index in [-0.39, 0.29) is 5.54 Å². The molecule has 1 heterocycles. The Labute approximate surface area is 111 Å². The van der Waals surface area contributed by atoms with E-state index in [9.17, 15) is 0 Å². The molecule has 1 N–H and O–H groups in total. The van der Waals surface area contributed by atoms with Crippen LogP contribution in [0.2, 0.25) is 0 Å². The van der Waals surface area contributed by atoms with Crippen LogP contribution in [0.25, 0.3) is 0 Å². The first-order valence-corrected chi connectivity index (χ1v) is 6.83. The van der Waals surface area contributed by atoms with Crippen molar-refractivity contribution in [2.75, 3.05) is 20.6 Å². The number of likely N-dealkylation sites (N-methyl/N-ethyl adjacent to an activating group) is 2. The van der Waals surface area contributed by atoms with Gasteiger partial charge in [0.25, 0.3) is 0 Å². The minimum Gasteiger partial charge on any atom is -0.312 e. The molecule has 1 unspecified atom stereocenters. The summed E-state index contributed by atoms with van der Waals surface area (Å²) in [6.45, 7) is 10.8. The molecule has 0 saturated carbocycles. The summed E-state index contributed by atoms with van der Waals surface area (Å²) in [5, 5.41) is 7.95. The first kappa shape index (κ1) is 15.2. The highest BCUT2D eigenvalue weighted by molar-refractivity contribution is 5.09. The Bertz CT molecular complexity index is 354. The third-order valence-electron chi connectivity index (χ3n) is 3.91. The fraction of sp³-hybridized carbons (Fsp3) is 0.786. The average Bonchev–Trinajstić information content (AvgIpc) is 2.76. The second kappa shape index (κ2) is 6.34. The second-order valence-corrected chi connectivity index (χ2v) is 5.57. The van der Waals surface area contributed by atoms with Crippen LogP contribution in [0.4, 0.5) is 0 Å². The molecule has 0 aliphatic carbocycles. The number of aryl methyl sites for hydroxylation is 1. The summed E-state index contributed by atoms with van der Waals surface area (Å²) < 4.78 is 1.99.